The monoisotopic (exact) mass is 462 g/mol. The smallest absolute Gasteiger partial charge is 0.243 e. The van der Waals surface area contributed by atoms with Gasteiger partial charge < -0.3 is 15.0 Å². The Morgan fingerprint density at radius 2 is 1.56 bits per heavy atom. The average molecular weight is 463 g/mol. The number of nitrogens with one attached hydrogen (secondary N) is 1. The van der Waals surface area contributed by atoms with Crippen LogP contribution in [0.25, 0.3) is 0 Å². The predicted molar refractivity (Wildman–Crippen MR) is 131 cm³/mol. The topological polar surface area (TPSA) is 58.6 Å². The third kappa shape index (κ3) is 6.91. The molecule has 1 atom stereocenters. The summed E-state index contributed by atoms with van der Waals surface area (Å²) in [5, 5.41) is 2.93. The Hall–Kier alpha value is -3.67. The zero-order chi connectivity index (χ0) is 24.5. The van der Waals surface area contributed by atoms with E-state index < -0.39 is 11.9 Å². The third-order valence-electron chi connectivity index (χ3n) is 5.51. The zero-order valence-corrected chi connectivity index (χ0v) is 19.8. The Labute approximate surface area is 200 Å². The van der Waals surface area contributed by atoms with Gasteiger partial charge in [0, 0.05) is 24.6 Å². The SMILES string of the molecule is COc1ccc(CC(=O)N(Cc2ccccc2F)[C@@H](Cc2ccccc2)C(=O)NC(C)C)cc1. The van der Waals surface area contributed by atoms with Crippen LogP contribution in [0.1, 0.15) is 30.5 Å². The minimum atomic E-state index is -0.796. The van der Waals surface area contributed by atoms with E-state index in [9.17, 15) is 14.0 Å². The van der Waals surface area contributed by atoms with E-state index in [0.717, 1.165) is 11.1 Å². The quantitative estimate of drug-likeness (QED) is 0.481. The van der Waals surface area contributed by atoms with Gasteiger partial charge in [-0.25, -0.2) is 4.39 Å². The highest BCUT2D eigenvalue weighted by Gasteiger charge is 2.31. The van der Waals surface area contributed by atoms with Crippen LogP contribution in [0, 0.1) is 5.82 Å². The molecule has 5 nitrogen and oxygen atoms in total. The molecule has 0 spiro atoms. The first kappa shape index (κ1) is 25.0. The minimum absolute atomic E-state index is 0.00925. The van der Waals surface area contributed by atoms with Crippen molar-refractivity contribution in [2.75, 3.05) is 7.11 Å². The summed E-state index contributed by atoms with van der Waals surface area (Å²) in [6.07, 6.45) is 0.404. The van der Waals surface area contributed by atoms with Crippen LogP contribution < -0.4 is 10.1 Å². The number of amides is 2. The Balaban J connectivity index is 1.96. The summed E-state index contributed by atoms with van der Waals surface area (Å²) in [7, 11) is 1.58. The number of hydrogen-bond donors (Lipinski definition) is 1. The van der Waals surface area contributed by atoms with Crippen molar-refractivity contribution in [2.45, 2.75) is 45.3 Å². The van der Waals surface area contributed by atoms with Gasteiger partial charge in [-0.3, -0.25) is 9.59 Å². The second-order valence-electron chi connectivity index (χ2n) is 8.51. The van der Waals surface area contributed by atoms with Crippen molar-refractivity contribution < 1.29 is 18.7 Å². The maximum Gasteiger partial charge on any atom is 0.243 e. The van der Waals surface area contributed by atoms with Crippen LogP contribution in [0.4, 0.5) is 4.39 Å². The Bertz CT molecular complexity index is 1080. The predicted octanol–water partition coefficient (Wildman–Crippen LogP) is 4.54. The lowest BCUT2D eigenvalue weighted by Crippen LogP contribution is -2.52. The summed E-state index contributed by atoms with van der Waals surface area (Å²) >= 11 is 0. The van der Waals surface area contributed by atoms with Crippen LogP contribution in [0.15, 0.2) is 78.9 Å². The van der Waals surface area contributed by atoms with Gasteiger partial charge in [0.05, 0.1) is 13.5 Å². The molecule has 0 aliphatic rings. The van der Waals surface area contributed by atoms with E-state index >= 15 is 0 Å². The lowest BCUT2D eigenvalue weighted by Gasteiger charge is -2.32. The van der Waals surface area contributed by atoms with Crippen LogP contribution in [0.5, 0.6) is 5.75 Å². The molecule has 178 valence electrons. The van der Waals surface area contributed by atoms with Crippen LogP contribution in [0.3, 0.4) is 0 Å². The molecule has 0 aromatic heterocycles. The highest BCUT2D eigenvalue weighted by Crippen LogP contribution is 2.19. The fraction of sp³-hybridized carbons (Fsp3) is 0.286. The Morgan fingerprint density at radius 1 is 0.912 bits per heavy atom. The fourth-order valence-corrected chi connectivity index (χ4v) is 3.76. The molecule has 0 unspecified atom stereocenters. The molecule has 0 aliphatic carbocycles. The minimum Gasteiger partial charge on any atom is -0.497 e. The highest BCUT2D eigenvalue weighted by atomic mass is 19.1. The van der Waals surface area contributed by atoms with Crippen molar-refractivity contribution in [1.82, 2.24) is 10.2 Å². The Morgan fingerprint density at radius 3 is 2.18 bits per heavy atom. The van der Waals surface area contributed by atoms with Gasteiger partial charge in [0.25, 0.3) is 0 Å². The number of rotatable bonds is 10. The van der Waals surface area contributed by atoms with Crippen LogP contribution in [-0.2, 0) is 29.0 Å². The van der Waals surface area contributed by atoms with E-state index in [-0.39, 0.29) is 30.8 Å². The van der Waals surface area contributed by atoms with Crippen molar-refractivity contribution in [3.63, 3.8) is 0 Å². The molecule has 0 fully saturated rings. The first-order valence-corrected chi connectivity index (χ1v) is 11.4. The van der Waals surface area contributed by atoms with Crippen molar-refractivity contribution in [3.05, 3.63) is 101 Å². The molecule has 3 rings (SSSR count). The molecular weight excluding hydrogens is 431 g/mol. The van der Waals surface area contributed by atoms with Crippen molar-refractivity contribution in [3.8, 4) is 5.75 Å². The molecular formula is C28H31FN2O3. The number of methoxy groups -OCH3 is 1. The summed E-state index contributed by atoms with van der Waals surface area (Å²) in [5.41, 5.74) is 2.07. The number of nitrogens with zero attached hydrogens (tertiary/aromatic N) is 1. The molecule has 1 N–H and O–H groups in total. The number of carbonyl (C=O) groups excluding carboxylic acids is 2. The summed E-state index contributed by atoms with van der Waals surface area (Å²) in [6, 6.07) is 22.2. The van der Waals surface area contributed by atoms with E-state index in [1.165, 1.54) is 11.0 Å². The molecule has 0 aliphatic heterocycles. The molecule has 3 aromatic rings. The average Bonchev–Trinajstić information content (AvgIpc) is 2.83. The van der Waals surface area contributed by atoms with E-state index in [1.54, 1.807) is 37.4 Å². The van der Waals surface area contributed by atoms with Crippen LogP contribution in [0.2, 0.25) is 0 Å². The van der Waals surface area contributed by atoms with Gasteiger partial charge >= 0.3 is 0 Å². The third-order valence-corrected chi connectivity index (χ3v) is 5.51. The first-order valence-electron chi connectivity index (χ1n) is 11.4. The summed E-state index contributed by atoms with van der Waals surface area (Å²) in [4.78, 5) is 28.4. The lowest BCUT2D eigenvalue weighted by atomic mass is 10.0. The normalized spacial score (nSPS) is 11.7. The number of carbonyl (C=O) groups is 2. The first-order chi connectivity index (χ1) is 16.4. The zero-order valence-electron chi connectivity index (χ0n) is 19.8. The van der Waals surface area contributed by atoms with Crippen LogP contribution in [-0.4, -0.2) is 35.9 Å². The largest absolute Gasteiger partial charge is 0.497 e. The molecule has 0 saturated heterocycles. The molecule has 0 heterocycles. The summed E-state index contributed by atoms with van der Waals surface area (Å²) < 4.78 is 19.8. The maximum atomic E-state index is 14.6. The Kier molecular flexibility index (Phi) is 8.79. The van der Waals surface area contributed by atoms with Gasteiger partial charge in [-0.15, -0.1) is 0 Å². The molecule has 6 heteroatoms. The molecule has 34 heavy (non-hydrogen) atoms. The second-order valence-corrected chi connectivity index (χ2v) is 8.51. The van der Waals surface area contributed by atoms with Gasteiger partial charge in [0.15, 0.2) is 0 Å². The molecule has 0 saturated carbocycles. The highest BCUT2D eigenvalue weighted by molar-refractivity contribution is 5.89. The molecule has 3 aromatic carbocycles. The number of halogens is 1. The number of benzene rings is 3. The standard InChI is InChI=1S/C28H31FN2O3/c1-20(2)30-28(33)26(17-21-9-5-4-6-10-21)31(19-23-11-7-8-12-25(23)29)27(32)18-22-13-15-24(34-3)16-14-22/h4-16,20,26H,17-19H2,1-3H3,(H,30,33)/t26-/m0/s1. The molecule has 0 radical (unpaired) electrons. The van der Waals surface area contributed by atoms with Gasteiger partial charge in [0.2, 0.25) is 11.8 Å². The van der Waals surface area contributed by atoms with Gasteiger partial charge in [-0.05, 0) is 43.2 Å². The number of ether oxygens (including phenoxy) is 1. The number of hydrogen-bond acceptors (Lipinski definition) is 3. The van der Waals surface area contributed by atoms with E-state index in [1.807, 2.05) is 56.3 Å². The van der Waals surface area contributed by atoms with Crippen molar-refractivity contribution in [1.29, 1.82) is 0 Å². The van der Waals surface area contributed by atoms with E-state index in [2.05, 4.69) is 5.32 Å². The lowest BCUT2D eigenvalue weighted by molar-refractivity contribution is -0.141. The van der Waals surface area contributed by atoms with Crippen LogP contribution >= 0.6 is 0 Å². The van der Waals surface area contributed by atoms with Crippen molar-refractivity contribution in [2.24, 2.45) is 0 Å². The summed E-state index contributed by atoms with van der Waals surface area (Å²) in [6.45, 7) is 3.74. The van der Waals surface area contributed by atoms with Crippen molar-refractivity contribution >= 4 is 11.8 Å². The van der Waals surface area contributed by atoms with Gasteiger partial charge in [-0.1, -0.05) is 60.7 Å². The van der Waals surface area contributed by atoms with E-state index in [4.69, 9.17) is 4.74 Å². The van der Waals surface area contributed by atoms with E-state index in [0.29, 0.717) is 17.7 Å². The fourth-order valence-electron chi connectivity index (χ4n) is 3.76. The second kappa shape index (κ2) is 12.0. The summed E-state index contributed by atoms with van der Waals surface area (Å²) in [5.74, 6) is -0.239. The van der Waals surface area contributed by atoms with Gasteiger partial charge in [0.1, 0.15) is 17.6 Å². The molecule has 2 amide bonds. The molecule has 0 bridgehead atoms. The van der Waals surface area contributed by atoms with Gasteiger partial charge in [-0.2, -0.15) is 0 Å². The maximum absolute atomic E-state index is 14.6.